The molecule has 0 radical (unpaired) electrons. The van der Waals surface area contributed by atoms with Crippen LogP contribution in [0.4, 0.5) is 5.69 Å². The number of amides is 1. The van der Waals surface area contributed by atoms with Crippen LogP contribution in [0.2, 0.25) is 10.0 Å². The summed E-state index contributed by atoms with van der Waals surface area (Å²) in [6.45, 7) is 1.66. The van der Waals surface area contributed by atoms with Crippen LogP contribution >= 0.6 is 66.4 Å². The van der Waals surface area contributed by atoms with Crippen LogP contribution in [0.5, 0.6) is 5.75 Å². The standard InChI is InChI=1S/C22H14Br2Cl2N2O2S/c1-11(30-18-7-6-13(25)10-16(18)26)21(29)28-20-14(8-12(23)9-15(20)24)22-27-17-4-2-3-5-19(17)31-22/h2-11H,1H3,(H,28,29)/t11-/m1/s1. The first-order chi connectivity index (χ1) is 14.8. The molecule has 1 N–H and O–H groups in total. The fourth-order valence-corrected chi connectivity index (χ4v) is 5.66. The number of halogens is 4. The number of nitrogens with zero attached hydrogens (tertiary/aromatic N) is 1. The van der Waals surface area contributed by atoms with Gasteiger partial charge in [0.25, 0.3) is 5.91 Å². The van der Waals surface area contributed by atoms with E-state index in [9.17, 15) is 4.79 Å². The lowest BCUT2D eigenvalue weighted by Gasteiger charge is -2.18. The molecule has 31 heavy (non-hydrogen) atoms. The molecule has 0 saturated carbocycles. The van der Waals surface area contributed by atoms with E-state index in [4.69, 9.17) is 32.9 Å². The average Bonchev–Trinajstić information content (AvgIpc) is 3.15. The van der Waals surface area contributed by atoms with Crippen molar-refractivity contribution < 1.29 is 9.53 Å². The minimum atomic E-state index is -0.794. The van der Waals surface area contributed by atoms with Crippen molar-refractivity contribution in [1.29, 1.82) is 0 Å². The Morgan fingerprint density at radius 2 is 1.90 bits per heavy atom. The van der Waals surface area contributed by atoms with Gasteiger partial charge in [-0.25, -0.2) is 4.98 Å². The van der Waals surface area contributed by atoms with Crippen molar-refractivity contribution in [3.8, 4) is 16.3 Å². The molecule has 3 aromatic carbocycles. The molecule has 0 saturated heterocycles. The van der Waals surface area contributed by atoms with E-state index in [0.29, 0.717) is 21.5 Å². The third-order valence-electron chi connectivity index (χ3n) is 4.39. The zero-order chi connectivity index (χ0) is 22.1. The van der Waals surface area contributed by atoms with Crippen LogP contribution in [-0.2, 0) is 4.79 Å². The Balaban J connectivity index is 1.63. The highest BCUT2D eigenvalue weighted by Crippen LogP contribution is 2.40. The smallest absolute Gasteiger partial charge is 0.265 e. The van der Waals surface area contributed by atoms with Crippen molar-refractivity contribution in [3.63, 3.8) is 0 Å². The minimum absolute atomic E-state index is 0.323. The van der Waals surface area contributed by atoms with E-state index in [2.05, 4.69) is 37.2 Å². The number of thiazole rings is 1. The summed E-state index contributed by atoms with van der Waals surface area (Å²) in [6, 6.07) is 16.6. The molecular formula is C22H14Br2Cl2N2O2S. The van der Waals surface area contributed by atoms with Crippen LogP contribution in [0.1, 0.15) is 6.92 Å². The van der Waals surface area contributed by atoms with Gasteiger partial charge in [0, 0.05) is 19.5 Å². The highest BCUT2D eigenvalue weighted by Gasteiger charge is 2.21. The molecule has 1 atom stereocenters. The molecular weight excluding hydrogens is 587 g/mol. The molecule has 158 valence electrons. The van der Waals surface area contributed by atoms with E-state index in [0.717, 1.165) is 29.7 Å². The third kappa shape index (κ3) is 5.07. The van der Waals surface area contributed by atoms with Crippen molar-refractivity contribution in [2.75, 3.05) is 5.32 Å². The summed E-state index contributed by atoms with van der Waals surface area (Å²) in [4.78, 5) is 17.7. The third-order valence-corrected chi connectivity index (χ3v) is 7.08. The lowest BCUT2D eigenvalue weighted by atomic mass is 10.1. The molecule has 4 aromatic rings. The molecule has 1 aromatic heterocycles. The Bertz CT molecular complexity index is 1260. The molecule has 1 amide bonds. The quantitative estimate of drug-likeness (QED) is 0.251. The summed E-state index contributed by atoms with van der Waals surface area (Å²) in [5, 5.41) is 4.60. The van der Waals surface area contributed by atoms with Gasteiger partial charge in [0.15, 0.2) is 6.10 Å². The van der Waals surface area contributed by atoms with Gasteiger partial charge in [-0.3, -0.25) is 4.79 Å². The van der Waals surface area contributed by atoms with Crippen molar-refractivity contribution in [3.05, 3.63) is 73.6 Å². The second kappa shape index (κ2) is 9.46. The van der Waals surface area contributed by atoms with E-state index < -0.39 is 6.10 Å². The van der Waals surface area contributed by atoms with Gasteiger partial charge in [0.1, 0.15) is 10.8 Å². The zero-order valence-electron chi connectivity index (χ0n) is 16.0. The molecule has 0 fully saturated rings. The number of carbonyl (C=O) groups is 1. The first kappa shape index (κ1) is 22.6. The van der Waals surface area contributed by atoms with E-state index in [-0.39, 0.29) is 5.91 Å². The van der Waals surface area contributed by atoms with Crippen molar-refractivity contribution >= 4 is 88.2 Å². The van der Waals surface area contributed by atoms with Crippen LogP contribution in [0, 0.1) is 0 Å². The van der Waals surface area contributed by atoms with Crippen LogP contribution in [0.15, 0.2) is 63.5 Å². The maximum absolute atomic E-state index is 12.9. The summed E-state index contributed by atoms with van der Waals surface area (Å²) in [5.74, 6) is 0.0615. The van der Waals surface area contributed by atoms with Crippen molar-refractivity contribution in [2.45, 2.75) is 13.0 Å². The number of para-hydroxylation sites is 1. The highest BCUT2D eigenvalue weighted by molar-refractivity contribution is 9.11. The summed E-state index contributed by atoms with van der Waals surface area (Å²) in [7, 11) is 0. The molecule has 0 aliphatic carbocycles. The van der Waals surface area contributed by atoms with Gasteiger partial charge in [-0.2, -0.15) is 0 Å². The Kier molecular flexibility index (Phi) is 6.89. The minimum Gasteiger partial charge on any atom is -0.479 e. The van der Waals surface area contributed by atoms with Gasteiger partial charge in [0.05, 0.1) is 20.9 Å². The van der Waals surface area contributed by atoms with E-state index in [1.54, 1.807) is 36.5 Å². The van der Waals surface area contributed by atoms with Gasteiger partial charge in [-0.1, -0.05) is 51.3 Å². The molecule has 1 heterocycles. The maximum Gasteiger partial charge on any atom is 0.265 e. The second-order valence-corrected chi connectivity index (χ2v) is 10.3. The number of ether oxygens (including phenoxy) is 1. The van der Waals surface area contributed by atoms with E-state index >= 15 is 0 Å². The van der Waals surface area contributed by atoms with Gasteiger partial charge in [-0.05, 0) is 65.3 Å². The molecule has 0 spiro atoms. The lowest BCUT2D eigenvalue weighted by molar-refractivity contribution is -0.122. The lowest BCUT2D eigenvalue weighted by Crippen LogP contribution is -2.30. The summed E-state index contributed by atoms with van der Waals surface area (Å²) < 4.78 is 8.41. The number of nitrogens with one attached hydrogen (secondary N) is 1. The molecule has 4 rings (SSSR count). The monoisotopic (exact) mass is 598 g/mol. The van der Waals surface area contributed by atoms with Gasteiger partial charge in [-0.15, -0.1) is 11.3 Å². The normalized spacial score (nSPS) is 12.0. The molecule has 9 heteroatoms. The number of rotatable bonds is 5. The summed E-state index contributed by atoms with van der Waals surface area (Å²) in [5.41, 5.74) is 2.32. The Morgan fingerprint density at radius 1 is 1.13 bits per heavy atom. The summed E-state index contributed by atoms with van der Waals surface area (Å²) in [6.07, 6.45) is -0.794. The van der Waals surface area contributed by atoms with E-state index in [1.807, 2.05) is 36.4 Å². The second-order valence-electron chi connectivity index (χ2n) is 6.62. The fraction of sp³-hybridized carbons (Fsp3) is 0.0909. The van der Waals surface area contributed by atoms with Crippen molar-refractivity contribution in [1.82, 2.24) is 4.98 Å². The van der Waals surface area contributed by atoms with Gasteiger partial charge in [0.2, 0.25) is 0 Å². The molecule has 0 bridgehead atoms. The van der Waals surface area contributed by atoms with Gasteiger partial charge >= 0.3 is 0 Å². The Morgan fingerprint density at radius 3 is 2.65 bits per heavy atom. The fourth-order valence-electron chi connectivity index (χ4n) is 2.90. The maximum atomic E-state index is 12.9. The number of aromatic nitrogens is 1. The average molecular weight is 601 g/mol. The number of fused-ring (bicyclic) bond motifs is 1. The molecule has 0 unspecified atom stereocenters. The first-order valence-electron chi connectivity index (χ1n) is 9.09. The van der Waals surface area contributed by atoms with E-state index in [1.165, 1.54) is 0 Å². The van der Waals surface area contributed by atoms with Crippen LogP contribution in [-0.4, -0.2) is 17.0 Å². The predicted octanol–water partition coefficient (Wildman–Crippen LogP) is 8.20. The molecule has 0 aliphatic rings. The largest absolute Gasteiger partial charge is 0.479 e. The molecule has 4 nitrogen and oxygen atoms in total. The number of hydrogen-bond donors (Lipinski definition) is 1. The highest BCUT2D eigenvalue weighted by atomic mass is 79.9. The zero-order valence-corrected chi connectivity index (χ0v) is 21.5. The SMILES string of the molecule is C[C@@H](Oc1ccc(Cl)cc1Cl)C(=O)Nc1c(Br)cc(Br)cc1-c1nc2ccccc2s1. The van der Waals surface area contributed by atoms with Crippen molar-refractivity contribution in [2.24, 2.45) is 0 Å². The van der Waals surface area contributed by atoms with Crippen LogP contribution < -0.4 is 10.1 Å². The van der Waals surface area contributed by atoms with Gasteiger partial charge < -0.3 is 10.1 Å². The number of anilines is 1. The molecule has 0 aliphatic heterocycles. The number of benzene rings is 3. The Hall–Kier alpha value is -1.64. The predicted molar refractivity (Wildman–Crippen MR) is 136 cm³/mol. The number of hydrogen-bond acceptors (Lipinski definition) is 4. The van der Waals surface area contributed by atoms with Crippen LogP contribution in [0.25, 0.3) is 20.8 Å². The first-order valence-corrected chi connectivity index (χ1v) is 12.2. The topological polar surface area (TPSA) is 51.2 Å². The summed E-state index contributed by atoms with van der Waals surface area (Å²) >= 11 is 20.7. The number of carbonyl (C=O) groups excluding carboxylic acids is 1. The Labute approximate surface area is 209 Å². The van der Waals surface area contributed by atoms with Crippen LogP contribution in [0.3, 0.4) is 0 Å².